The Morgan fingerprint density at radius 1 is 1.19 bits per heavy atom. The van der Waals surface area contributed by atoms with Gasteiger partial charge in [0, 0.05) is 16.3 Å². The third kappa shape index (κ3) is 4.59. The van der Waals surface area contributed by atoms with Crippen LogP contribution in [0.1, 0.15) is 39.2 Å². The molecule has 0 aromatic heterocycles. The van der Waals surface area contributed by atoms with Gasteiger partial charge < -0.3 is 5.32 Å². The standard InChI is InChI=1S/C24H25ClN4O2S/c1-4-20(22(30)26-16-11-9-15(25)10-12-16)32-24-28-18-8-6-5-7-17(18)21-27-19(13-14(2)3)23(31)29(21)24/h5-12,14,19-20H,4,13H2,1-3H3,(H,26,30)/t19-,20+/m0/s1. The van der Waals surface area contributed by atoms with Gasteiger partial charge in [0.1, 0.15) is 11.9 Å². The molecule has 32 heavy (non-hydrogen) atoms. The number of rotatable bonds is 6. The van der Waals surface area contributed by atoms with E-state index < -0.39 is 11.3 Å². The second-order valence-corrected chi connectivity index (χ2v) is 9.80. The number of para-hydroxylation sites is 1. The van der Waals surface area contributed by atoms with Gasteiger partial charge in [-0.15, -0.1) is 0 Å². The van der Waals surface area contributed by atoms with Crippen molar-refractivity contribution in [1.82, 2.24) is 4.90 Å². The first-order chi connectivity index (χ1) is 15.4. The fourth-order valence-electron chi connectivity index (χ4n) is 3.69. The molecule has 0 bridgehead atoms. The molecule has 8 heteroatoms. The highest BCUT2D eigenvalue weighted by molar-refractivity contribution is 8.15. The van der Waals surface area contributed by atoms with Crippen LogP contribution in [0, 0.1) is 5.92 Å². The molecule has 2 amide bonds. The number of thioether (sulfide) groups is 1. The van der Waals surface area contributed by atoms with E-state index in [4.69, 9.17) is 21.6 Å². The first kappa shape index (κ1) is 22.6. The van der Waals surface area contributed by atoms with Crippen molar-refractivity contribution in [2.75, 3.05) is 5.32 Å². The summed E-state index contributed by atoms with van der Waals surface area (Å²) in [6.07, 6.45) is 1.25. The number of fused-ring (bicyclic) bond motifs is 3. The number of aliphatic imine (C=N–C) groups is 2. The molecule has 1 N–H and O–H groups in total. The summed E-state index contributed by atoms with van der Waals surface area (Å²) in [5, 5.41) is 3.61. The van der Waals surface area contributed by atoms with Gasteiger partial charge in [0.15, 0.2) is 5.17 Å². The number of anilines is 1. The molecule has 0 fully saturated rings. The third-order valence-corrected chi connectivity index (χ3v) is 6.83. The van der Waals surface area contributed by atoms with Gasteiger partial charge in [-0.05, 0) is 55.2 Å². The minimum Gasteiger partial charge on any atom is -0.325 e. The lowest BCUT2D eigenvalue weighted by Crippen LogP contribution is -2.42. The molecule has 2 aromatic rings. The summed E-state index contributed by atoms with van der Waals surface area (Å²) in [5.74, 6) is 0.737. The van der Waals surface area contributed by atoms with Crippen LogP contribution in [0.4, 0.5) is 11.4 Å². The second-order valence-electron chi connectivity index (χ2n) is 8.19. The van der Waals surface area contributed by atoms with Crippen molar-refractivity contribution in [1.29, 1.82) is 0 Å². The number of carbonyl (C=O) groups is 2. The lowest BCUT2D eigenvalue weighted by atomic mass is 10.0. The van der Waals surface area contributed by atoms with Crippen LogP contribution in [0.5, 0.6) is 0 Å². The highest BCUT2D eigenvalue weighted by Crippen LogP contribution is 2.36. The quantitative estimate of drug-likeness (QED) is 0.608. The summed E-state index contributed by atoms with van der Waals surface area (Å²) < 4.78 is 0. The van der Waals surface area contributed by atoms with Crippen molar-refractivity contribution in [2.24, 2.45) is 15.9 Å². The molecule has 2 aliphatic rings. The lowest BCUT2D eigenvalue weighted by molar-refractivity contribution is -0.125. The lowest BCUT2D eigenvalue weighted by Gasteiger charge is -2.27. The summed E-state index contributed by atoms with van der Waals surface area (Å²) in [7, 11) is 0. The van der Waals surface area contributed by atoms with E-state index in [1.165, 1.54) is 11.8 Å². The van der Waals surface area contributed by atoms with Gasteiger partial charge >= 0.3 is 0 Å². The smallest absolute Gasteiger partial charge is 0.259 e. The number of nitrogens with zero attached hydrogens (tertiary/aromatic N) is 3. The Bertz CT molecular complexity index is 1100. The highest BCUT2D eigenvalue weighted by Gasteiger charge is 2.42. The molecule has 0 aliphatic carbocycles. The number of benzene rings is 2. The van der Waals surface area contributed by atoms with Gasteiger partial charge in [-0.2, -0.15) is 0 Å². The van der Waals surface area contributed by atoms with Crippen LogP contribution >= 0.6 is 23.4 Å². The van der Waals surface area contributed by atoms with E-state index in [1.54, 1.807) is 29.2 Å². The zero-order valence-electron chi connectivity index (χ0n) is 18.2. The van der Waals surface area contributed by atoms with E-state index in [1.807, 2.05) is 31.2 Å². The third-order valence-electron chi connectivity index (χ3n) is 5.27. The summed E-state index contributed by atoms with van der Waals surface area (Å²) in [5.41, 5.74) is 2.27. The Morgan fingerprint density at radius 2 is 1.91 bits per heavy atom. The van der Waals surface area contributed by atoms with Crippen molar-refractivity contribution in [3.63, 3.8) is 0 Å². The molecule has 0 unspecified atom stereocenters. The fraction of sp³-hybridized carbons (Fsp3) is 0.333. The van der Waals surface area contributed by atoms with E-state index in [0.29, 0.717) is 40.5 Å². The Balaban J connectivity index is 1.61. The van der Waals surface area contributed by atoms with Crippen molar-refractivity contribution in [3.8, 4) is 0 Å². The molecule has 0 saturated carbocycles. The largest absolute Gasteiger partial charge is 0.325 e. The van der Waals surface area contributed by atoms with E-state index >= 15 is 0 Å². The van der Waals surface area contributed by atoms with Crippen LogP contribution in [0.25, 0.3) is 0 Å². The maximum Gasteiger partial charge on any atom is 0.259 e. The fourth-order valence-corrected chi connectivity index (χ4v) is 4.83. The van der Waals surface area contributed by atoms with Crippen LogP contribution < -0.4 is 5.32 Å². The monoisotopic (exact) mass is 468 g/mol. The highest BCUT2D eigenvalue weighted by atomic mass is 35.5. The molecule has 2 aromatic carbocycles. The summed E-state index contributed by atoms with van der Waals surface area (Å²) in [6, 6.07) is 14.2. The number of carbonyl (C=O) groups excluding carboxylic acids is 2. The van der Waals surface area contributed by atoms with Crippen LogP contribution in [-0.4, -0.2) is 39.0 Å². The van der Waals surface area contributed by atoms with E-state index in [0.717, 1.165) is 11.3 Å². The molecule has 166 valence electrons. The van der Waals surface area contributed by atoms with Crippen LogP contribution in [0.3, 0.4) is 0 Å². The normalized spacial score (nSPS) is 18.1. The van der Waals surface area contributed by atoms with Crippen molar-refractivity contribution >= 4 is 57.6 Å². The number of nitrogens with one attached hydrogen (secondary N) is 1. The second kappa shape index (κ2) is 9.46. The minimum atomic E-state index is -0.426. The number of hydrogen-bond donors (Lipinski definition) is 1. The molecule has 6 nitrogen and oxygen atoms in total. The van der Waals surface area contributed by atoms with Gasteiger partial charge in [0.05, 0.1) is 10.9 Å². The molecule has 0 radical (unpaired) electrons. The SMILES string of the molecule is CC[C@@H](SC1=Nc2ccccc2C2=N[C@@H](CC(C)C)C(=O)N12)C(=O)Nc1ccc(Cl)cc1. The zero-order valence-corrected chi connectivity index (χ0v) is 19.8. The van der Waals surface area contributed by atoms with Gasteiger partial charge in [-0.3, -0.25) is 14.6 Å². The van der Waals surface area contributed by atoms with E-state index in [-0.39, 0.29) is 11.8 Å². The molecule has 2 heterocycles. The van der Waals surface area contributed by atoms with Crippen LogP contribution in [0.2, 0.25) is 5.02 Å². The average molecular weight is 469 g/mol. The summed E-state index contributed by atoms with van der Waals surface area (Å²) >= 11 is 7.23. The van der Waals surface area contributed by atoms with Gasteiger partial charge in [0.25, 0.3) is 5.91 Å². The predicted molar refractivity (Wildman–Crippen MR) is 132 cm³/mol. The van der Waals surface area contributed by atoms with Gasteiger partial charge in [-0.1, -0.05) is 56.3 Å². The molecule has 2 atom stereocenters. The molecule has 0 spiro atoms. The number of halogens is 1. The number of hydrogen-bond acceptors (Lipinski definition) is 5. The summed E-state index contributed by atoms with van der Waals surface area (Å²) in [6.45, 7) is 6.10. The minimum absolute atomic E-state index is 0.0811. The first-order valence-electron chi connectivity index (χ1n) is 10.7. The van der Waals surface area contributed by atoms with Crippen molar-refractivity contribution in [3.05, 3.63) is 59.1 Å². The van der Waals surface area contributed by atoms with Gasteiger partial charge in [0.2, 0.25) is 5.91 Å². The molecular weight excluding hydrogens is 444 g/mol. The summed E-state index contributed by atoms with van der Waals surface area (Å²) in [4.78, 5) is 37.3. The number of amidine groups is 2. The maximum absolute atomic E-state index is 13.3. The molecule has 4 rings (SSSR count). The Morgan fingerprint density at radius 3 is 2.59 bits per heavy atom. The van der Waals surface area contributed by atoms with Crippen molar-refractivity contribution in [2.45, 2.75) is 44.9 Å². The van der Waals surface area contributed by atoms with Crippen LogP contribution in [0.15, 0.2) is 58.5 Å². The zero-order chi connectivity index (χ0) is 22.8. The molecule has 2 aliphatic heterocycles. The van der Waals surface area contributed by atoms with Crippen LogP contribution in [-0.2, 0) is 9.59 Å². The topological polar surface area (TPSA) is 74.1 Å². The van der Waals surface area contributed by atoms with Crippen molar-refractivity contribution < 1.29 is 9.59 Å². The Hall–Kier alpha value is -2.64. The predicted octanol–water partition coefficient (Wildman–Crippen LogP) is 5.50. The number of amides is 2. The van der Waals surface area contributed by atoms with E-state index in [2.05, 4.69) is 19.2 Å². The average Bonchev–Trinajstić information content (AvgIpc) is 3.09. The van der Waals surface area contributed by atoms with E-state index in [9.17, 15) is 9.59 Å². The maximum atomic E-state index is 13.3. The molecule has 0 saturated heterocycles. The van der Waals surface area contributed by atoms with Gasteiger partial charge in [-0.25, -0.2) is 9.89 Å². The molecular formula is C24H25ClN4O2S. The Kier molecular flexibility index (Phi) is 6.67. The first-order valence-corrected chi connectivity index (χ1v) is 12.0. The Labute approximate surface area is 197 Å².